The van der Waals surface area contributed by atoms with Crippen molar-refractivity contribution in [2.24, 2.45) is 0 Å². The maximum Gasteiger partial charge on any atom is 0.267 e. The molecule has 0 radical (unpaired) electrons. The quantitative estimate of drug-likeness (QED) is 0.436. The first-order valence-corrected chi connectivity index (χ1v) is 11.7. The molecule has 0 saturated heterocycles. The van der Waals surface area contributed by atoms with E-state index in [0.717, 1.165) is 24.8 Å². The first-order valence-electron chi connectivity index (χ1n) is 10.7. The van der Waals surface area contributed by atoms with E-state index in [1.165, 1.54) is 16.3 Å². The summed E-state index contributed by atoms with van der Waals surface area (Å²) in [5.41, 5.74) is 0.585. The third-order valence-electron chi connectivity index (χ3n) is 6.10. The number of nitrogens with zero attached hydrogens (tertiary/aromatic N) is 5. The molecule has 0 aliphatic heterocycles. The highest BCUT2D eigenvalue weighted by molar-refractivity contribution is 7.99. The minimum atomic E-state index is -0.745. The van der Waals surface area contributed by atoms with Crippen LogP contribution in [0.1, 0.15) is 37.7 Å². The zero-order chi connectivity index (χ0) is 22.7. The van der Waals surface area contributed by atoms with Crippen molar-refractivity contribution in [3.8, 4) is 11.9 Å². The maximum absolute atomic E-state index is 13.3. The molecule has 1 amide bonds. The largest absolute Gasteiger partial charge is 0.326 e. The summed E-state index contributed by atoms with van der Waals surface area (Å²) in [7, 11) is 1.71. The van der Waals surface area contributed by atoms with Gasteiger partial charge in [-0.25, -0.2) is 14.5 Å². The smallest absolute Gasteiger partial charge is 0.267 e. The lowest BCUT2D eigenvalue weighted by atomic mass is 9.81. The molecule has 1 fully saturated rings. The molecule has 0 atom stereocenters. The average molecular weight is 448 g/mol. The van der Waals surface area contributed by atoms with Crippen LogP contribution in [0.25, 0.3) is 16.7 Å². The number of fused-ring (bicyclic) bond motifs is 1. The molecule has 1 aliphatic rings. The van der Waals surface area contributed by atoms with E-state index >= 15 is 0 Å². The second-order valence-corrected chi connectivity index (χ2v) is 9.13. The Kier molecular flexibility index (Phi) is 6.28. The fourth-order valence-corrected chi connectivity index (χ4v) is 5.04. The highest BCUT2D eigenvalue weighted by Crippen LogP contribution is 2.33. The molecule has 164 valence electrons. The number of aryl methyl sites for hydroxylation is 1. The van der Waals surface area contributed by atoms with E-state index in [2.05, 4.69) is 16.0 Å². The minimum Gasteiger partial charge on any atom is -0.326 e. The number of pyridine rings is 1. The maximum atomic E-state index is 13.3. The van der Waals surface area contributed by atoms with Crippen molar-refractivity contribution < 1.29 is 4.79 Å². The van der Waals surface area contributed by atoms with Crippen LogP contribution in [0.4, 0.5) is 0 Å². The van der Waals surface area contributed by atoms with Gasteiger partial charge in [0.05, 0.1) is 22.7 Å². The Balaban J connectivity index is 1.67. The zero-order valence-electron chi connectivity index (χ0n) is 18.2. The molecule has 1 aliphatic carbocycles. The molecular formula is C24H25N5O2S. The van der Waals surface area contributed by atoms with Crippen LogP contribution >= 0.6 is 11.8 Å². The number of rotatable bonds is 5. The van der Waals surface area contributed by atoms with Gasteiger partial charge in [0, 0.05) is 13.2 Å². The summed E-state index contributed by atoms with van der Waals surface area (Å²) < 4.78 is 1.46. The molecule has 8 heteroatoms. The number of amides is 1. The molecule has 4 rings (SSSR count). The molecule has 1 aromatic carbocycles. The summed E-state index contributed by atoms with van der Waals surface area (Å²) in [6, 6.07) is 13.2. The van der Waals surface area contributed by atoms with Crippen molar-refractivity contribution in [2.45, 2.75) is 49.7 Å². The molecule has 1 saturated carbocycles. The average Bonchev–Trinajstić information content (AvgIpc) is 2.83. The predicted octanol–water partition coefficient (Wildman–Crippen LogP) is 3.87. The molecule has 0 bridgehead atoms. The van der Waals surface area contributed by atoms with E-state index in [-0.39, 0.29) is 17.2 Å². The zero-order valence-corrected chi connectivity index (χ0v) is 19.1. The molecule has 32 heavy (non-hydrogen) atoms. The molecule has 0 spiro atoms. The van der Waals surface area contributed by atoms with Gasteiger partial charge in [-0.05, 0) is 43.5 Å². The van der Waals surface area contributed by atoms with Crippen LogP contribution in [-0.2, 0) is 4.79 Å². The number of para-hydroxylation sites is 1. The number of benzene rings is 1. The highest BCUT2D eigenvalue weighted by atomic mass is 32.2. The molecular weight excluding hydrogens is 422 g/mol. The molecule has 2 aromatic heterocycles. The van der Waals surface area contributed by atoms with Gasteiger partial charge in [0.1, 0.15) is 11.4 Å². The van der Waals surface area contributed by atoms with Crippen molar-refractivity contribution in [3.05, 3.63) is 58.5 Å². The van der Waals surface area contributed by atoms with E-state index in [0.29, 0.717) is 34.7 Å². The van der Waals surface area contributed by atoms with Crippen molar-refractivity contribution in [1.82, 2.24) is 19.4 Å². The fraction of sp³-hybridized carbons (Fsp3) is 0.375. The Bertz CT molecular complexity index is 1240. The molecule has 0 unspecified atom stereocenters. The van der Waals surface area contributed by atoms with Crippen LogP contribution < -0.4 is 5.56 Å². The third kappa shape index (κ3) is 4.13. The van der Waals surface area contributed by atoms with Crippen molar-refractivity contribution in [1.29, 1.82) is 5.26 Å². The summed E-state index contributed by atoms with van der Waals surface area (Å²) in [6.45, 7) is 1.93. The monoisotopic (exact) mass is 447 g/mol. The molecule has 3 aromatic rings. The topological polar surface area (TPSA) is 91.9 Å². The van der Waals surface area contributed by atoms with Gasteiger partial charge in [0.2, 0.25) is 5.91 Å². The van der Waals surface area contributed by atoms with Crippen LogP contribution in [0, 0.1) is 18.3 Å². The van der Waals surface area contributed by atoms with E-state index in [9.17, 15) is 14.9 Å². The number of carbonyl (C=O) groups is 1. The van der Waals surface area contributed by atoms with Gasteiger partial charge in [-0.2, -0.15) is 5.26 Å². The summed E-state index contributed by atoms with van der Waals surface area (Å²) in [5.74, 6) is 0.392. The van der Waals surface area contributed by atoms with E-state index in [4.69, 9.17) is 0 Å². The number of hydrogen-bond acceptors (Lipinski definition) is 6. The van der Waals surface area contributed by atoms with Gasteiger partial charge in [0.15, 0.2) is 5.16 Å². The standard InChI is InChI=1S/C24H25N5O2S/c1-17-10-11-20(26-14-17)29-22(31)18-8-4-5-9-19(18)27-23(29)32-15-21(30)28(2)24(16-25)12-6-3-7-13-24/h4-5,8-11,14H,3,6-7,12-13,15H2,1-2H3. The molecule has 7 nitrogen and oxygen atoms in total. The Labute approximate surface area is 191 Å². The summed E-state index contributed by atoms with van der Waals surface area (Å²) in [4.78, 5) is 37.0. The highest BCUT2D eigenvalue weighted by Gasteiger charge is 2.38. The molecule has 0 N–H and O–H groups in total. The van der Waals surface area contributed by atoms with Crippen LogP contribution in [0.3, 0.4) is 0 Å². The fourth-order valence-electron chi connectivity index (χ4n) is 4.12. The van der Waals surface area contributed by atoms with Gasteiger partial charge in [0.25, 0.3) is 5.56 Å². The Morgan fingerprint density at radius 2 is 1.97 bits per heavy atom. The second kappa shape index (κ2) is 9.13. The van der Waals surface area contributed by atoms with Crippen molar-refractivity contribution in [3.63, 3.8) is 0 Å². The number of aromatic nitrogens is 3. The van der Waals surface area contributed by atoms with E-state index in [1.807, 2.05) is 19.1 Å². The Morgan fingerprint density at radius 1 is 1.22 bits per heavy atom. The van der Waals surface area contributed by atoms with E-state index < -0.39 is 5.54 Å². The van der Waals surface area contributed by atoms with Gasteiger partial charge >= 0.3 is 0 Å². The minimum absolute atomic E-state index is 0.0799. The number of carbonyl (C=O) groups excluding carboxylic acids is 1. The lowest BCUT2D eigenvalue weighted by molar-refractivity contribution is -0.131. The van der Waals surface area contributed by atoms with Crippen LogP contribution in [-0.4, -0.2) is 43.7 Å². The SMILES string of the molecule is Cc1ccc(-n2c(SCC(=O)N(C)C3(C#N)CCCCC3)nc3ccccc3c2=O)nc1. The Morgan fingerprint density at radius 3 is 2.66 bits per heavy atom. The number of hydrogen-bond donors (Lipinski definition) is 0. The predicted molar refractivity (Wildman–Crippen MR) is 125 cm³/mol. The van der Waals surface area contributed by atoms with Gasteiger partial charge < -0.3 is 4.90 Å². The number of nitriles is 1. The van der Waals surface area contributed by atoms with Gasteiger partial charge in [-0.1, -0.05) is 49.2 Å². The molecule has 2 heterocycles. The summed E-state index contributed by atoms with van der Waals surface area (Å²) in [5, 5.41) is 10.7. The Hall–Kier alpha value is -3.18. The van der Waals surface area contributed by atoms with Crippen LogP contribution in [0.15, 0.2) is 52.5 Å². The summed E-state index contributed by atoms with van der Waals surface area (Å²) >= 11 is 1.20. The van der Waals surface area contributed by atoms with Crippen molar-refractivity contribution in [2.75, 3.05) is 12.8 Å². The summed E-state index contributed by atoms with van der Waals surface area (Å²) in [6.07, 6.45) is 6.08. The van der Waals surface area contributed by atoms with E-state index in [1.54, 1.807) is 42.4 Å². The van der Waals surface area contributed by atoms with Crippen molar-refractivity contribution >= 4 is 28.6 Å². The first kappa shape index (κ1) is 22.0. The lowest BCUT2D eigenvalue weighted by Gasteiger charge is -2.39. The lowest BCUT2D eigenvalue weighted by Crippen LogP contribution is -2.50. The van der Waals surface area contributed by atoms with Gasteiger partial charge in [-0.3, -0.25) is 9.59 Å². The number of thioether (sulfide) groups is 1. The van der Waals surface area contributed by atoms with Gasteiger partial charge in [-0.15, -0.1) is 0 Å². The third-order valence-corrected chi connectivity index (χ3v) is 7.02. The second-order valence-electron chi connectivity index (χ2n) is 8.19. The first-order chi connectivity index (χ1) is 15.4. The normalized spacial score (nSPS) is 15.3. The van der Waals surface area contributed by atoms with Crippen LogP contribution in [0.2, 0.25) is 0 Å². The van der Waals surface area contributed by atoms with Crippen LogP contribution in [0.5, 0.6) is 0 Å².